The number of hydrogen-bond donors (Lipinski definition) is 1. The lowest BCUT2D eigenvalue weighted by Gasteiger charge is -2.29. The van der Waals surface area contributed by atoms with Gasteiger partial charge in [0, 0.05) is 12.5 Å². The number of aliphatic hydroxyl groups excluding tert-OH is 1. The predicted octanol–water partition coefficient (Wildman–Crippen LogP) is 2.06. The van der Waals surface area contributed by atoms with Crippen molar-refractivity contribution in [2.75, 3.05) is 0 Å². The minimum absolute atomic E-state index is 0.493. The van der Waals surface area contributed by atoms with Crippen molar-refractivity contribution in [2.24, 2.45) is 0 Å². The Bertz CT molecular complexity index is 549. The molecule has 94 valence electrons. The molecular formula is C14H17N3O. The maximum Gasteiger partial charge on any atom is 0.111 e. The van der Waals surface area contributed by atoms with Crippen molar-refractivity contribution in [3.05, 3.63) is 47.3 Å². The first-order valence-corrected chi connectivity index (χ1v) is 6.44. The Morgan fingerprint density at radius 3 is 3.06 bits per heavy atom. The summed E-state index contributed by atoms with van der Waals surface area (Å²) in [5.74, 6) is 0.537. The zero-order valence-corrected chi connectivity index (χ0v) is 10.5. The van der Waals surface area contributed by atoms with Crippen molar-refractivity contribution >= 4 is 0 Å². The highest BCUT2D eigenvalue weighted by Gasteiger charge is 2.26. The predicted molar refractivity (Wildman–Crippen MR) is 68.2 cm³/mol. The maximum absolute atomic E-state index is 9.69. The largest absolute Gasteiger partial charge is 0.387 e. The Morgan fingerprint density at radius 2 is 2.28 bits per heavy atom. The van der Waals surface area contributed by atoms with Gasteiger partial charge in [-0.25, -0.2) is 0 Å². The van der Waals surface area contributed by atoms with Crippen LogP contribution >= 0.6 is 0 Å². The molecule has 1 heterocycles. The van der Waals surface area contributed by atoms with E-state index in [-0.39, 0.29) is 0 Å². The molecule has 4 heteroatoms. The minimum Gasteiger partial charge on any atom is -0.387 e. The summed E-state index contributed by atoms with van der Waals surface area (Å²) in [4.78, 5) is 0. The molecule has 2 unspecified atom stereocenters. The van der Waals surface area contributed by atoms with Crippen LogP contribution in [0, 0.1) is 0 Å². The van der Waals surface area contributed by atoms with Gasteiger partial charge in [-0.3, -0.25) is 4.68 Å². The van der Waals surface area contributed by atoms with Gasteiger partial charge in [-0.2, -0.15) is 0 Å². The highest BCUT2D eigenvalue weighted by Crippen LogP contribution is 2.35. The zero-order valence-electron chi connectivity index (χ0n) is 10.5. The van der Waals surface area contributed by atoms with Gasteiger partial charge in [0.05, 0.1) is 12.3 Å². The van der Waals surface area contributed by atoms with Gasteiger partial charge in [0.15, 0.2) is 0 Å². The third-order valence-electron chi connectivity index (χ3n) is 3.65. The van der Waals surface area contributed by atoms with Crippen LogP contribution in [-0.2, 0) is 13.0 Å². The SMILES string of the molecule is CCC(O)c1cn(CC2Cc3ccccc32)nn1. The summed E-state index contributed by atoms with van der Waals surface area (Å²) in [5.41, 5.74) is 3.53. The molecular weight excluding hydrogens is 226 g/mol. The molecule has 4 nitrogen and oxygen atoms in total. The number of rotatable bonds is 4. The van der Waals surface area contributed by atoms with Crippen LogP contribution < -0.4 is 0 Å². The minimum atomic E-state index is -0.493. The van der Waals surface area contributed by atoms with Gasteiger partial charge in [0.2, 0.25) is 0 Å². The number of aliphatic hydroxyl groups is 1. The van der Waals surface area contributed by atoms with E-state index in [4.69, 9.17) is 0 Å². The highest BCUT2D eigenvalue weighted by molar-refractivity contribution is 5.39. The van der Waals surface area contributed by atoms with Crippen LogP contribution in [0.1, 0.15) is 42.2 Å². The van der Waals surface area contributed by atoms with Crippen LogP contribution in [0.25, 0.3) is 0 Å². The molecule has 1 aliphatic carbocycles. The molecule has 0 amide bonds. The average Bonchev–Trinajstić information content (AvgIpc) is 2.84. The topological polar surface area (TPSA) is 50.9 Å². The van der Waals surface area contributed by atoms with E-state index in [1.807, 2.05) is 17.8 Å². The highest BCUT2D eigenvalue weighted by atomic mass is 16.3. The van der Waals surface area contributed by atoms with E-state index in [0.29, 0.717) is 18.0 Å². The fraction of sp³-hybridized carbons (Fsp3) is 0.429. The fourth-order valence-corrected chi connectivity index (χ4v) is 2.52. The van der Waals surface area contributed by atoms with Crippen LogP contribution in [0.15, 0.2) is 30.5 Å². The lowest BCUT2D eigenvalue weighted by atomic mass is 9.78. The molecule has 2 atom stereocenters. The Balaban J connectivity index is 1.70. The number of nitrogens with zero attached hydrogens (tertiary/aromatic N) is 3. The van der Waals surface area contributed by atoms with Gasteiger partial charge in [-0.15, -0.1) is 5.10 Å². The monoisotopic (exact) mass is 243 g/mol. The van der Waals surface area contributed by atoms with E-state index in [0.717, 1.165) is 13.0 Å². The van der Waals surface area contributed by atoms with Crippen molar-refractivity contribution in [1.82, 2.24) is 15.0 Å². The standard InChI is InChI=1S/C14H17N3O/c1-2-14(18)13-9-17(16-15-13)8-11-7-10-5-3-4-6-12(10)11/h3-6,9,11,14,18H,2,7-8H2,1H3. The van der Waals surface area contributed by atoms with Gasteiger partial charge >= 0.3 is 0 Å². The van der Waals surface area contributed by atoms with E-state index in [9.17, 15) is 5.11 Å². The van der Waals surface area contributed by atoms with E-state index >= 15 is 0 Å². The molecule has 0 fully saturated rings. The molecule has 0 saturated heterocycles. The summed E-state index contributed by atoms with van der Waals surface area (Å²) in [7, 11) is 0. The molecule has 1 N–H and O–H groups in total. The zero-order chi connectivity index (χ0) is 12.5. The normalized spacial score (nSPS) is 19.1. The van der Waals surface area contributed by atoms with E-state index in [2.05, 4.69) is 34.6 Å². The lowest BCUT2D eigenvalue weighted by molar-refractivity contribution is 0.168. The van der Waals surface area contributed by atoms with Crippen LogP contribution in [-0.4, -0.2) is 20.1 Å². The molecule has 0 bridgehead atoms. The maximum atomic E-state index is 9.69. The van der Waals surface area contributed by atoms with Gasteiger partial charge in [-0.1, -0.05) is 36.4 Å². The molecule has 2 aromatic rings. The Labute approximate surface area is 106 Å². The summed E-state index contributed by atoms with van der Waals surface area (Å²) in [6, 6.07) is 8.53. The average molecular weight is 243 g/mol. The first-order valence-electron chi connectivity index (χ1n) is 6.44. The Hall–Kier alpha value is -1.68. The number of hydrogen-bond acceptors (Lipinski definition) is 3. The van der Waals surface area contributed by atoms with Gasteiger partial charge < -0.3 is 5.11 Å². The van der Waals surface area contributed by atoms with Crippen LogP contribution in [0.2, 0.25) is 0 Å². The molecule has 18 heavy (non-hydrogen) atoms. The van der Waals surface area contributed by atoms with E-state index in [1.54, 1.807) is 0 Å². The number of benzene rings is 1. The third-order valence-corrected chi connectivity index (χ3v) is 3.65. The van der Waals surface area contributed by atoms with Crippen LogP contribution in [0.4, 0.5) is 0 Å². The third kappa shape index (κ3) is 1.93. The molecule has 0 radical (unpaired) electrons. The smallest absolute Gasteiger partial charge is 0.111 e. The molecule has 1 aliphatic rings. The van der Waals surface area contributed by atoms with Crippen molar-refractivity contribution < 1.29 is 5.11 Å². The molecule has 3 rings (SSSR count). The summed E-state index contributed by atoms with van der Waals surface area (Å²) < 4.78 is 1.84. The molecule has 1 aromatic heterocycles. The summed E-state index contributed by atoms with van der Waals surface area (Å²) >= 11 is 0. The van der Waals surface area contributed by atoms with Gasteiger partial charge in [0.25, 0.3) is 0 Å². The molecule has 0 saturated carbocycles. The van der Waals surface area contributed by atoms with Crippen LogP contribution in [0.3, 0.4) is 0 Å². The second-order valence-electron chi connectivity index (χ2n) is 4.89. The first kappa shape index (κ1) is 11.4. The molecule has 0 aliphatic heterocycles. The number of aromatic nitrogens is 3. The number of fused-ring (bicyclic) bond motifs is 1. The Morgan fingerprint density at radius 1 is 1.44 bits per heavy atom. The Kier molecular flexibility index (Phi) is 2.88. The summed E-state index contributed by atoms with van der Waals surface area (Å²) in [6.45, 7) is 2.78. The van der Waals surface area contributed by atoms with Crippen molar-refractivity contribution in [3.8, 4) is 0 Å². The first-order chi connectivity index (χ1) is 8.78. The van der Waals surface area contributed by atoms with Gasteiger partial charge in [-0.05, 0) is 24.0 Å². The molecule has 0 spiro atoms. The second kappa shape index (κ2) is 4.53. The lowest BCUT2D eigenvalue weighted by Crippen LogP contribution is -2.22. The van der Waals surface area contributed by atoms with Crippen LogP contribution in [0.5, 0.6) is 0 Å². The van der Waals surface area contributed by atoms with Gasteiger partial charge in [0.1, 0.15) is 5.69 Å². The van der Waals surface area contributed by atoms with Crippen molar-refractivity contribution in [1.29, 1.82) is 0 Å². The van der Waals surface area contributed by atoms with E-state index < -0.39 is 6.10 Å². The second-order valence-corrected chi connectivity index (χ2v) is 4.89. The summed E-state index contributed by atoms with van der Waals surface area (Å²) in [6.07, 6.45) is 3.15. The fourth-order valence-electron chi connectivity index (χ4n) is 2.52. The van der Waals surface area contributed by atoms with Crippen molar-refractivity contribution in [2.45, 2.75) is 38.3 Å². The quantitative estimate of drug-likeness (QED) is 0.894. The van der Waals surface area contributed by atoms with Crippen molar-refractivity contribution in [3.63, 3.8) is 0 Å². The van der Waals surface area contributed by atoms with E-state index in [1.165, 1.54) is 11.1 Å². The molecule has 1 aromatic carbocycles. The summed E-state index contributed by atoms with van der Waals surface area (Å²) in [5, 5.41) is 17.8.